The first-order valence-electron chi connectivity index (χ1n) is 8.39. The maximum absolute atomic E-state index is 12.1. The third-order valence-electron chi connectivity index (χ3n) is 4.26. The summed E-state index contributed by atoms with van der Waals surface area (Å²) in [4.78, 5) is 22.9. The van der Waals surface area contributed by atoms with E-state index in [9.17, 15) is 20.0 Å². The van der Waals surface area contributed by atoms with E-state index in [1.165, 1.54) is 18.2 Å². The van der Waals surface area contributed by atoms with Gasteiger partial charge in [-0.15, -0.1) is 0 Å². The first kappa shape index (κ1) is 17.9. The van der Waals surface area contributed by atoms with Gasteiger partial charge in [0.05, 0.1) is 11.5 Å². The molecule has 1 fully saturated rings. The van der Waals surface area contributed by atoms with Crippen LogP contribution in [0.2, 0.25) is 0 Å². The van der Waals surface area contributed by atoms with E-state index < -0.39 is 10.5 Å². The number of aliphatic hydroxyl groups is 1. The molecule has 1 heterocycles. The number of hydrogen-bond acceptors (Lipinski definition) is 6. The highest BCUT2D eigenvalue weighted by Crippen LogP contribution is 2.29. The van der Waals surface area contributed by atoms with Gasteiger partial charge >= 0.3 is 0 Å². The number of nitrogens with one attached hydrogen (secondary N) is 2. The van der Waals surface area contributed by atoms with Gasteiger partial charge in [0, 0.05) is 17.7 Å². The number of anilines is 1. The van der Waals surface area contributed by atoms with Crippen LogP contribution in [0.25, 0.3) is 0 Å². The van der Waals surface area contributed by atoms with Crippen molar-refractivity contribution in [2.24, 2.45) is 0 Å². The van der Waals surface area contributed by atoms with Gasteiger partial charge in [0.1, 0.15) is 22.8 Å². The van der Waals surface area contributed by atoms with Crippen LogP contribution >= 0.6 is 0 Å². The van der Waals surface area contributed by atoms with Crippen LogP contribution in [0.1, 0.15) is 41.6 Å². The molecule has 0 radical (unpaired) electrons. The summed E-state index contributed by atoms with van der Waals surface area (Å²) in [6.45, 7) is 3.33. The smallest absolute Gasteiger partial charge is 0.293 e. The zero-order chi connectivity index (χ0) is 18.9. The molecule has 1 saturated carbocycles. The number of benzene rings is 1. The molecular formula is C18H21N3O5. The second-order valence-electron chi connectivity index (χ2n) is 6.77. The molecule has 3 rings (SSSR count). The van der Waals surface area contributed by atoms with Gasteiger partial charge in [0.2, 0.25) is 0 Å². The molecule has 3 N–H and O–H groups in total. The van der Waals surface area contributed by atoms with Crippen molar-refractivity contribution in [1.29, 1.82) is 0 Å². The Bertz CT molecular complexity index is 839. The van der Waals surface area contributed by atoms with Gasteiger partial charge in [-0.2, -0.15) is 0 Å². The lowest BCUT2D eigenvalue weighted by atomic mass is 10.0. The molecule has 1 atom stereocenters. The number of amides is 1. The predicted molar refractivity (Wildman–Crippen MR) is 95.1 cm³/mol. The van der Waals surface area contributed by atoms with E-state index in [1.807, 2.05) is 0 Å². The maximum Gasteiger partial charge on any atom is 0.293 e. The normalized spacial score (nSPS) is 16.0. The lowest BCUT2D eigenvalue weighted by molar-refractivity contribution is -0.384. The molecule has 0 bridgehead atoms. The van der Waals surface area contributed by atoms with E-state index >= 15 is 0 Å². The molecule has 1 unspecified atom stereocenters. The number of aryl methyl sites for hydroxylation is 1. The number of carbonyl (C=O) groups is 1. The van der Waals surface area contributed by atoms with Crippen molar-refractivity contribution >= 4 is 17.3 Å². The van der Waals surface area contributed by atoms with Gasteiger partial charge in [-0.25, -0.2) is 0 Å². The quantitative estimate of drug-likeness (QED) is 0.517. The highest BCUT2D eigenvalue weighted by Gasteiger charge is 2.29. The van der Waals surface area contributed by atoms with Crippen molar-refractivity contribution in [2.75, 3.05) is 11.9 Å². The Morgan fingerprint density at radius 3 is 2.69 bits per heavy atom. The number of rotatable bonds is 7. The lowest BCUT2D eigenvalue weighted by Crippen LogP contribution is -2.30. The highest BCUT2D eigenvalue weighted by molar-refractivity contribution is 5.96. The Morgan fingerprint density at radius 2 is 2.12 bits per heavy atom. The van der Waals surface area contributed by atoms with Crippen molar-refractivity contribution in [1.82, 2.24) is 5.32 Å². The van der Waals surface area contributed by atoms with Crippen LogP contribution in [-0.2, 0) is 5.60 Å². The van der Waals surface area contributed by atoms with Gasteiger partial charge in [-0.05, 0) is 51.0 Å². The monoisotopic (exact) mass is 359 g/mol. The standard InChI is InChI=1S/C18H21N3O5/c1-11-3-8-16(26-11)18(2,23)10-19-14-7-4-12(9-15(14)21(24)25)17(22)20-13-5-6-13/h3-4,7-9,13,19,23H,5-6,10H2,1-2H3,(H,20,22). The average molecular weight is 359 g/mol. The van der Waals surface area contributed by atoms with Gasteiger partial charge < -0.3 is 20.2 Å². The molecule has 1 amide bonds. The average Bonchev–Trinajstić information content (AvgIpc) is 3.29. The van der Waals surface area contributed by atoms with Crippen molar-refractivity contribution < 1.29 is 19.2 Å². The third kappa shape index (κ3) is 4.02. The summed E-state index contributed by atoms with van der Waals surface area (Å²) in [6.07, 6.45) is 1.88. The molecule has 8 nitrogen and oxygen atoms in total. The van der Waals surface area contributed by atoms with Gasteiger partial charge in [-0.1, -0.05) is 0 Å². The van der Waals surface area contributed by atoms with E-state index in [1.54, 1.807) is 26.0 Å². The first-order valence-corrected chi connectivity index (χ1v) is 8.39. The summed E-state index contributed by atoms with van der Waals surface area (Å²) < 4.78 is 5.43. The van der Waals surface area contributed by atoms with Crippen LogP contribution in [0.5, 0.6) is 0 Å². The summed E-state index contributed by atoms with van der Waals surface area (Å²) in [5.41, 5.74) is -1.10. The van der Waals surface area contributed by atoms with Crippen molar-refractivity contribution in [3.8, 4) is 0 Å². The summed E-state index contributed by atoms with van der Waals surface area (Å²) >= 11 is 0. The molecule has 0 spiro atoms. The molecule has 0 saturated heterocycles. The van der Waals surface area contributed by atoms with Crippen LogP contribution < -0.4 is 10.6 Å². The summed E-state index contributed by atoms with van der Waals surface area (Å²) in [7, 11) is 0. The van der Waals surface area contributed by atoms with Crippen LogP contribution in [0, 0.1) is 17.0 Å². The van der Waals surface area contributed by atoms with Gasteiger partial charge in [0.15, 0.2) is 0 Å². The minimum absolute atomic E-state index is 0.00834. The third-order valence-corrected chi connectivity index (χ3v) is 4.26. The van der Waals surface area contributed by atoms with Crippen LogP contribution in [0.3, 0.4) is 0 Å². The first-order chi connectivity index (χ1) is 12.3. The van der Waals surface area contributed by atoms with Crippen molar-refractivity contribution in [3.05, 3.63) is 57.5 Å². The number of furan rings is 1. The van der Waals surface area contributed by atoms with E-state index in [2.05, 4.69) is 10.6 Å². The summed E-state index contributed by atoms with van der Waals surface area (Å²) in [6, 6.07) is 7.82. The zero-order valence-electron chi connectivity index (χ0n) is 14.6. The van der Waals surface area contributed by atoms with Crippen molar-refractivity contribution in [2.45, 2.75) is 38.3 Å². The molecule has 26 heavy (non-hydrogen) atoms. The number of nitro groups is 1. The topological polar surface area (TPSA) is 118 Å². The van der Waals surface area contributed by atoms with Crippen LogP contribution in [-0.4, -0.2) is 28.5 Å². The number of nitro benzene ring substituents is 1. The Kier molecular flexibility index (Phi) is 4.69. The molecule has 1 aromatic heterocycles. The van der Waals surface area contributed by atoms with E-state index in [-0.39, 0.29) is 35.4 Å². The molecular weight excluding hydrogens is 338 g/mol. The van der Waals surface area contributed by atoms with Crippen molar-refractivity contribution in [3.63, 3.8) is 0 Å². The van der Waals surface area contributed by atoms with E-state index in [0.29, 0.717) is 11.5 Å². The molecule has 1 aliphatic rings. The fourth-order valence-electron chi connectivity index (χ4n) is 2.55. The minimum Gasteiger partial charge on any atom is -0.463 e. The number of hydrogen-bond donors (Lipinski definition) is 3. The largest absolute Gasteiger partial charge is 0.463 e. The molecule has 1 aliphatic carbocycles. The fourth-order valence-corrected chi connectivity index (χ4v) is 2.55. The van der Waals surface area contributed by atoms with Crippen LogP contribution in [0.4, 0.5) is 11.4 Å². The molecule has 138 valence electrons. The summed E-state index contributed by atoms with van der Waals surface area (Å²) in [5.74, 6) is 0.711. The van der Waals surface area contributed by atoms with Crippen LogP contribution in [0.15, 0.2) is 34.7 Å². The molecule has 0 aliphatic heterocycles. The Labute approximate surface area is 150 Å². The molecule has 8 heteroatoms. The van der Waals surface area contributed by atoms with Gasteiger partial charge in [-0.3, -0.25) is 14.9 Å². The fraction of sp³-hybridized carbons (Fsp3) is 0.389. The second-order valence-corrected chi connectivity index (χ2v) is 6.77. The lowest BCUT2D eigenvalue weighted by Gasteiger charge is -2.22. The zero-order valence-corrected chi connectivity index (χ0v) is 14.6. The number of nitrogens with zero attached hydrogens (tertiary/aromatic N) is 1. The van der Waals surface area contributed by atoms with E-state index in [0.717, 1.165) is 12.8 Å². The Morgan fingerprint density at radius 1 is 1.38 bits per heavy atom. The minimum atomic E-state index is -1.34. The predicted octanol–water partition coefficient (Wildman–Crippen LogP) is 2.71. The molecule has 1 aromatic carbocycles. The number of carbonyl (C=O) groups excluding carboxylic acids is 1. The second kappa shape index (κ2) is 6.80. The van der Waals surface area contributed by atoms with Gasteiger partial charge in [0.25, 0.3) is 11.6 Å². The SMILES string of the molecule is Cc1ccc(C(C)(O)CNc2ccc(C(=O)NC3CC3)cc2[N+](=O)[O-])o1. The Balaban J connectivity index is 1.76. The maximum atomic E-state index is 12.1. The van der Waals surface area contributed by atoms with E-state index in [4.69, 9.17) is 4.42 Å². The molecule has 2 aromatic rings. The highest BCUT2D eigenvalue weighted by atomic mass is 16.6. The Hall–Kier alpha value is -2.87. The summed E-state index contributed by atoms with van der Waals surface area (Å²) in [5, 5.41) is 27.6.